The maximum Gasteiger partial charge on any atom is 0.253 e. The zero-order chi connectivity index (χ0) is 16.7. The highest BCUT2D eigenvalue weighted by molar-refractivity contribution is 8.01. The maximum absolute atomic E-state index is 11.7. The molecule has 0 bridgehead atoms. The van der Waals surface area contributed by atoms with Gasteiger partial charge in [-0.1, -0.05) is 18.2 Å². The molecule has 1 aromatic rings. The third-order valence-electron chi connectivity index (χ3n) is 1.71. The maximum atomic E-state index is 11.7. The van der Waals surface area contributed by atoms with Gasteiger partial charge in [0.15, 0.2) is 0 Å². The van der Waals surface area contributed by atoms with Crippen LogP contribution in [0, 0.1) is 0 Å². The van der Waals surface area contributed by atoms with Crippen LogP contribution in [0.5, 0.6) is 0 Å². The van der Waals surface area contributed by atoms with Gasteiger partial charge in [0.2, 0.25) is 0 Å². The zero-order valence-electron chi connectivity index (χ0n) is 13.2. The molecule has 0 aliphatic carbocycles. The van der Waals surface area contributed by atoms with Crippen molar-refractivity contribution in [1.29, 1.82) is 0 Å². The Hall–Kier alpha value is -0.760. The molecule has 0 radical (unpaired) electrons. The molecule has 0 N–H and O–H groups in total. The molecule has 0 heterocycles. The van der Waals surface area contributed by atoms with E-state index in [9.17, 15) is 13.0 Å². The SMILES string of the molecule is COP(=O)([N-]S(=O)(=O)c1ccccc1)OC.C[N+](C)(C)C. The van der Waals surface area contributed by atoms with Gasteiger partial charge in [0, 0.05) is 19.1 Å². The van der Waals surface area contributed by atoms with Crippen LogP contribution in [-0.4, -0.2) is 55.3 Å². The number of sulfonamides is 1. The molecule has 0 atom stereocenters. The highest BCUT2D eigenvalue weighted by atomic mass is 32.2. The van der Waals surface area contributed by atoms with Crippen molar-refractivity contribution >= 4 is 17.8 Å². The van der Waals surface area contributed by atoms with Crippen molar-refractivity contribution in [2.45, 2.75) is 4.90 Å². The highest BCUT2D eigenvalue weighted by Crippen LogP contribution is 2.55. The van der Waals surface area contributed by atoms with E-state index in [0.29, 0.717) is 0 Å². The van der Waals surface area contributed by atoms with E-state index in [1.54, 1.807) is 6.07 Å². The molecule has 9 heteroatoms. The predicted molar refractivity (Wildman–Crippen MR) is 82.6 cm³/mol. The monoisotopic (exact) mass is 338 g/mol. The minimum atomic E-state index is -4.03. The summed E-state index contributed by atoms with van der Waals surface area (Å²) < 4.78 is 47.9. The summed E-state index contributed by atoms with van der Waals surface area (Å²) in [6.07, 6.45) is 0. The van der Waals surface area contributed by atoms with Gasteiger partial charge in [0.05, 0.1) is 28.2 Å². The van der Waals surface area contributed by atoms with Gasteiger partial charge in [-0.3, -0.25) is 4.57 Å². The molecule has 0 saturated carbocycles. The summed E-state index contributed by atoms with van der Waals surface area (Å²) in [7, 11) is 2.67. The molecule has 122 valence electrons. The average molecular weight is 338 g/mol. The summed E-state index contributed by atoms with van der Waals surface area (Å²) in [6.45, 7) is 0. The molecule has 0 spiro atoms. The van der Waals surface area contributed by atoms with E-state index in [4.69, 9.17) is 0 Å². The first-order valence-corrected chi connectivity index (χ1v) is 8.92. The van der Waals surface area contributed by atoms with Crippen LogP contribution in [0.1, 0.15) is 0 Å². The van der Waals surface area contributed by atoms with Crippen molar-refractivity contribution < 1.29 is 26.5 Å². The third kappa shape index (κ3) is 8.98. The lowest BCUT2D eigenvalue weighted by Crippen LogP contribution is -2.27. The van der Waals surface area contributed by atoms with Crippen LogP contribution in [0.4, 0.5) is 0 Å². The smallest absolute Gasteiger partial charge is 0.253 e. The van der Waals surface area contributed by atoms with E-state index >= 15 is 0 Å². The number of hydrogen-bond acceptors (Lipinski definition) is 5. The summed E-state index contributed by atoms with van der Waals surface area (Å²) in [5.74, 6) is 0. The normalized spacial score (nSPS) is 12.5. The van der Waals surface area contributed by atoms with Crippen molar-refractivity contribution in [3.8, 4) is 0 Å². The topological polar surface area (TPSA) is 83.8 Å². The van der Waals surface area contributed by atoms with Crippen LogP contribution in [0.25, 0.3) is 4.49 Å². The molecule has 0 aliphatic rings. The minimum Gasteiger partial charge on any atom is -0.438 e. The first-order chi connectivity index (χ1) is 9.43. The molecule has 0 aliphatic heterocycles. The van der Waals surface area contributed by atoms with E-state index in [1.165, 1.54) is 24.3 Å². The standard InChI is InChI=1S/C8H11NO5PS.C4H12N/c1-13-15(10,14-2)9-16(11,12)8-6-4-3-5-7-8;1-5(2,3)4/h3-7H,1-2H3;1-4H3/q-1;+1. The largest absolute Gasteiger partial charge is 0.438 e. The van der Waals surface area contributed by atoms with Gasteiger partial charge in [0.25, 0.3) is 7.75 Å². The van der Waals surface area contributed by atoms with Crippen LogP contribution in [0.3, 0.4) is 0 Å². The fraction of sp³-hybridized carbons (Fsp3) is 0.500. The van der Waals surface area contributed by atoms with E-state index in [0.717, 1.165) is 18.7 Å². The van der Waals surface area contributed by atoms with Gasteiger partial charge >= 0.3 is 0 Å². The van der Waals surface area contributed by atoms with Crippen molar-refractivity contribution in [3.05, 3.63) is 34.8 Å². The molecule has 0 saturated heterocycles. The molecule has 0 fully saturated rings. The lowest BCUT2D eigenvalue weighted by atomic mass is 10.4. The fourth-order valence-electron chi connectivity index (χ4n) is 0.912. The molecule has 1 aromatic carbocycles. The first kappa shape index (κ1) is 20.2. The minimum absolute atomic E-state index is 0.0654. The van der Waals surface area contributed by atoms with Gasteiger partial charge in [-0.05, 0) is 12.1 Å². The Balaban J connectivity index is 0.000000690. The Bertz CT molecular complexity index is 555. The Morgan fingerprint density at radius 1 is 1.00 bits per heavy atom. The fourth-order valence-corrected chi connectivity index (χ4v) is 3.53. The quantitative estimate of drug-likeness (QED) is 0.608. The Labute approximate surface area is 127 Å². The molecule has 7 nitrogen and oxygen atoms in total. The molecule has 0 unspecified atom stereocenters. The first-order valence-electron chi connectivity index (χ1n) is 5.98. The van der Waals surface area contributed by atoms with Gasteiger partial charge in [-0.15, -0.1) is 0 Å². The second kappa shape index (κ2) is 8.03. The molecule has 21 heavy (non-hydrogen) atoms. The van der Waals surface area contributed by atoms with Crippen LogP contribution in [0.2, 0.25) is 0 Å². The van der Waals surface area contributed by atoms with E-state index in [1.807, 2.05) is 0 Å². The van der Waals surface area contributed by atoms with Crippen molar-refractivity contribution in [1.82, 2.24) is 0 Å². The van der Waals surface area contributed by atoms with Crippen LogP contribution in [-0.2, 0) is 23.6 Å². The Kier molecular flexibility index (Phi) is 7.74. The van der Waals surface area contributed by atoms with Crippen molar-refractivity contribution in [3.63, 3.8) is 0 Å². The van der Waals surface area contributed by atoms with Crippen molar-refractivity contribution in [2.24, 2.45) is 0 Å². The summed E-state index contributed by atoms with van der Waals surface area (Å²) in [4.78, 5) is -0.0654. The van der Waals surface area contributed by atoms with Gasteiger partial charge in [0.1, 0.15) is 10.0 Å². The second-order valence-electron chi connectivity index (χ2n) is 5.39. The average Bonchev–Trinajstić information content (AvgIpc) is 2.37. The van der Waals surface area contributed by atoms with Gasteiger partial charge in [-0.25, -0.2) is 8.42 Å². The van der Waals surface area contributed by atoms with Gasteiger partial charge < -0.3 is 18.0 Å². The second-order valence-corrected chi connectivity index (χ2v) is 9.13. The van der Waals surface area contributed by atoms with Gasteiger partial charge in [-0.2, -0.15) is 0 Å². The summed E-state index contributed by atoms with van der Waals surface area (Å²) in [5, 5.41) is 0. The van der Waals surface area contributed by atoms with Crippen LogP contribution >= 0.6 is 7.75 Å². The lowest BCUT2D eigenvalue weighted by molar-refractivity contribution is -0.849. The summed E-state index contributed by atoms with van der Waals surface area (Å²) >= 11 is 0. The third-order valence-corrected chi connectivity index (χ3v) is 5.16. The van der Waals surface area contributed by atoms with Crippen molar-refractivity contribution in [2.75, 3.05) is 42.4 Å². The number of quaternary nitrogens is 1. The van der Waals surface area contributed by atoms with E-state index < -0.39 is 17.8 Å². The Morgan fingerprint density at radius 3 is 1.71 bits per heavy atom. The number of hydrogen-bond donors (Lipinski definition) is 0. The Morgan fingerprint density at radius 2 is 1.38 bits per heavy atom. The molecule has 1 rings (SSSR count). The zero-order valence-corrected chi connectivity index (χ0v) is 14.9. The molecular weight excluding hydrogens is 315 g/mol. The highest BCUT2D eigenvalue weighted by Gasteiger charge is 2.16. The predicted octanol–water partition coefficient (Wildman–Crippen LogP) is 2.47. The molecule has 0 amide bonds. The molecular formula is C12H23N2O5PS. The van der Waals surface area contributed by atoms with E-state index in [-0.39, 0.29) is 4.90 Å². The number of nitrogens with zero attached hydrogens (tertiary/aromatic N) is 2. The summed E-state index contributed by atoms with van der Waals surface area (Å²) in [6, 6.07) is 7.41. The number of rotatable bonds is 5. The summed E-state index contributed by atoms with van der Waals surface area (Å²) in [5.41, 5.74) is 0. The molecule has 0 aromatic heterocycles. The lowest BCUT2D eigenvalue weighted by Gasteiger charge is -2.27. The number of benzene rings is 1. The van der Waals surface area contributed by atoms with Crippen LogP contribution < -0.4 is 0 Å². The van der Waals surface area contributed by atoms with E-state index in [2.05, 4.69) is 41.7 Å². The van der Waals surface area contributed by atoms with Crippen LogP contribution in [0.15, 0.2) is 35.2 Å².